The SMILES string of the molecule is Cc1nc2cc(C3CCCN(C(=O)C(C)N4CCCC4=O)C3)[nH]n2c(=O)c1C. The highest BCUT2D eigenvalue weighted by atomic mass is 16.2. The summed E-state index contributed by atoms with van der Waals surface area (Å²) in [6.07, 6.45) is 3.21. The highest BCUT2D eigenvalue weighted by Crippen LogP contribution is 2.27. The van der Waals surface area contributed by atoms with E-state index >= 15 is 0 Å². The number of hydrogen-bond acceptors (Lipinski definition) is 4. The number of nitrogens with zero attached hydrogens (tertiary/aromatic N) is 4. The molecule has 2 aliphatic rings. The third-order valence-electron chi connectivity index (χ3n) is 6.21. The second-order valence-electron chi connectivity index (χ2n) is 8.02. The Kier molecular flexibility index (Phi) is 4.72. The number of fused-ring (bicyclic) bond motifs is 1. The maximum atomic E-state index is 13.0. The summed E-state index contributed by atoms with van der Waals surface area (Å²) >= 11 is 0. The van der Waals surface area contributed by atoms with Crippen LogP contribution >= 0.6 is 0 Å². The molecular formula is C20H27N5O3. The molecule has 8 nitrogen and oxygen atoms in total. The largest absolute Gasteiger partial charge is 0.340 e. The molecule has 2 atom stereocenters. The van der Waals surface area contributed by atoms with Crippen LogP contribution in [0.2, 0.25) is 0 Å². The number of carbonyl (C=O) groups excluding carboxylic acids is 2. The fraction of sp³-hybridized carbons (Fsp3) is 0.600. The van der Waals surface area contributed by atoms with Crippen LogP contribution < -0.4 is 5.56 Å². The molecule has 28 heavy (non-hydrogen) atoms. The van der Waals surface area contributed by atoms with E-state index in [-0.39, 0.29) is 23.3 Å². The van der Waals surface area contributed by atoms with Gasteiger partial charge in [0, 0.05) is 55.0 Å². The molecule has 4 rings (SSSR count). The van der Waals surface area contributed by atoms with Crippen molar-refractivity contribution in [1.82, 2.24) is 24.4 Å². The predicted octanol–water partition coefficient (Wildman–Crippen LogP) is 1.36. The lowest BCUT2D eigenvalue weighted by Crippen LogP contribution is -2.50. The Bertz CT molecular complexity index is 992. The van der Waals surface area contributed by atoms with Gasteiger partial charge in [0.2, 0.25) is 11.8 Å². The zero-order valence-corrected chi connectivity index (χ0v) is 16.7. The lowest BCUT2D eigenvalue weighted by molar-refractivity contribution is -0.143. The first-order valence-electron chi connectivity index (χ1n) is 10.0. The zero-order valence-electron chi connectivity index (χ0n) is 16.7. The van der Waals surface area contributed by atoms with Gasteiger partial charge in [-0.2, -0.15) is 0 Å². The lowest BCUT2D eigenvalue weighted by atomic mass is 9.94. The van der Waals surface area contributed by atoms with Crippen LogP contribution in [0.4, 0.5) is 0 Å². The van der Waals surface area contributed by atoms with Crippen LogP contribution in [0.25, 0.3) is 5.65 Å². The van der Waals surface area contributed by atoms with Gasteiger partial charge < -0.3 is 9.80 Å². The predicted molar refractivity (Wildman–Crippen MR) is 104 cm³/mol. The summed E-state index contributed by atoms with van der Waals surface area (Å²) in [4.78, 5) is 45.5. The molecule has 2 saturated heterocycles. The van der Waals surface area contributed by atoms with Crippen molar-refractivity contribution in [3.8, 4) is 0 Å². The van der Waals surface area contributed by atoms with E-state index in [2.05, 4.69) is 10.1 Å². The highest BCUT2D eigenvalue weighted by molar-refractivity contribution is 5.88. The maximum Gasteiger partial charge on any atom is 0.275 e. The topological polar surface area (TPSA) is 90.8 Å². The fourth-order valence-corrected chi connectivity index (χ4v) is 4.35. The van der Waals surface area contributed by atoms with Crippen molar-refractivity contribution >= 4 is 17.5 Å². The number of H-pyrrole nitrogens is 1. The van der Waals surface area contributed by atoms with E-state index in [9.17, 15) is 14.4 Å². The van der Waals surface area contributed by atoms with Crippen LogP contribution in [0.1, 0.15) is 55.5 Å². The molecule has 2 fully saturated rings. The van der Waals surface area contributed by atoms with Crippen LogP contribution in [0.3, 0.4) is 0 Å². The molecule has 0 spiro atoms. The van der Waals surface area contributed by atoms with Crippen LogP contribution in [-0.2, 0) is 9.59 Å². The number of aryl methyl sites for hydroxylation is 1. The molecular weight excluding hydrogens is 358 g/mol. The Hall–Kier alpha value is -2.64. The quantitative estimate of drug-likeness (QED) is 0.864. The van der Waals surface area contributed by atoms with Crippen LogP contribution in [0, 0.1) is 13.8 Å². The van der Waals surface area contributed by atoms with Gasteiger partial charge >= 0.3 is 0 Å². The van der Waals surface area contributed by atoms with E-state index in [1.807, 2.05) is 24.8 Å². The van der Waals surface area contributed by atoms with Gasteiger partial charge in [0.05, 0.1) is 0 Å². The van der Waals surface area contributed by atoms with Crippen molar-refractivity contribution in [1.29, 1.82) is 0 Å². The monoisotopic (exact) mass is 385 g/mol. The molecule has 0 saturated carbocycles. The molecule has 2 aliphatic heterocycles. The van der Waals surface area contributed by atoms with Gasteiger partial charge in [0.1, 0.15) is 6.04 Å². The van der Waals surface area contributed by atoms with E-state index in [0.717, 1.165) is 30.7 Å². The minimum absolute atomic E-state index is 0.0121. The third-order valence-corrected chi connectivity index (χ3v) is 6.21. The smallest absolute Gasteiger partial charge is 0.275 e. The first-order valence-corrected chi connectivity index (χ1v) is 10.0. The Morgan fingerprint density at radius 3 is 2.75 bits per heavy atom. The average Bonchev–Trinajstić information content (AvgIpc) is 3.31. The molecule has 2 aromatic heterocycles. The Balaban J connectivity index is 1.54. The molecule has 1 N–H and O–H groups in total. The molecule has 8 heteroatoms. The molecule has 0 radical (unpaired) electrons. The van der Waals surface area contributed by atoms with Gasteiger partial charge in [-0.15, -0.1) is 0 Å². The Morgan fingerprint density at radius 1 is 1.25 bits per heavy atom. The summed E-state index contributed by atoms with van der Waals surface area (Å²) in [5.41, 5.74) is 2.83. The van der Waals surface area contributed by atoms with Gasteiger partial charge in [0.25, 0.3) is 5.56 Å². The maximum absolute atomic E-state index is 13.0. The first kappa shape index (κ1) is 18.7. The number of carbonyl (C=O) groups is 2. The number of aromatic amines is 1. The highest BCUT2D eigenvalue weighted by Gasteiger charge is 2.34. The van der Waals surface area contributed by atoms with Crippen molar-refractivity contribution in [2.45, 2.75) is 58.4 Å². The van der Waals surface area contributed by atoms with Crippen molar-refractivity contribution in [2.24, 2.45) is 0 Å². The number of hydrogen-bond donors (Lipinski definition) is 1. The van der Waals surface area contributed by atoms with Gasteiger partial charge in [0.15, 0.2) is 5.65 Å². The number of piperidine rings is 1. The molecule has 150 valence electrons. The van der Waals surface area contributed by atoms with Crippen LogP contribution in [0.5, 0.6) is 0 Å². The van der Waals surface area contributed by atoms with Crippen LogP contribution in [0.15, 0.2) is 10.9 Å². The molecule has 2 unspecified atom stereocenters. The van der Waals surface area contributed by atoms with E-state index < -0.39 is 6.04 Å². The third kappa shape index (κ3) is 3.10. The summed E-state index contributed by atoms with van der Waals surface area (Å²) in [5, 5.41) is 3.19. The summed E-state index contributed by atoms with van der Waals surface area (Å²) in [6, 6.07) is 1.51. The van der Waals surface area contributed by atoms with E-state index in [0.29, 0.717) is 37.3 Å². The van der Waals surface area contributed by atoms with E-state index in [4.69, 9.17) is 0 Å². The molecule has 0 aliphatic carbocycles. The van der Waals surface area contributed by atoms with Crippen molar-refractivity contribution in [3.63, 3.8) is 0 Å². The Morgan fingerprint density at radius 2 is 2.04 bits per heavy atom. The number of aromatic nitrogens is 3. The van der Waals surface area contributed by atoms with Crippen molar-refractivity contribution in [2.75, 3.05) is 19.6 Å². The molecule has 2 aromatic rings. The number of likely N-dealkylation sites (tertiary alicyclic amines) is 2. The van der Waals surface area contributed by atoms with Gasteiger partial charge in [-0.25, -0.2) is 9.50 Å². The van der Waals surface area contributed by atoms with E-state index in [1.54, 1.807) is 11.8 Å². The van der Waals surface area contributed by atoms with Crippen molar-refractivity contribution < 1.29 is 9.59 Å². The lowest BCUT2D eigenvalue weighted by Gasteiger charge is -2.36. The van der Waals surface area contributed by atoms with Crippen LogP contribution in [-0.4, -0.2) is 61.9 Å². The molecule has 0 aromatic carbocycles. The second-order valence-corrected chi connectivity index (χ2v) is 8.02. The fourth-order valence-electron chi connectivity index (χ4n) is 4.35. The van der Waals surface area contributed by atoms with Gasteiger partial charge in [-0.3, -0.25) is 19.5 Å². The summed E-state index contributed by atoms with van der Waals surface area (Å²) in [7, 11) is 0. The van der Waals surface area contributed by atoms with Crippen molar-refractivity contribution in [3.05, 3.63) is 33.4 Å². The Labute approximate surface area is 163 Å². The van der Waals surface area contributed by atoms with Gasteiger partial charge in [-0.1, -0.05) is 0 Å². The number of nitrogens with one attached hydrogen (secondary N) is 1. The average molecular weight is 385 g/mol. The summed E-state index contributed by atoms with van der Waals surface area (Å²) in [5.74, 6) is 0.208. The standard InChI is InChI=1S/C20H27N5O3/c1-12-13(2)21-17-10-16(22-25(17)19(12)27)15-6-4-8-23(11-15)20(28)14(3)24-9-5-7-18(24)26/h10,14-15,22H,4-9,11H2,1-3H3. The minimum atomic E-state index is -0.411. The number of rotatable bonds is 3. The first-order chi connectivity index (χ1) is 13.4. The summed E-state index contributed by atoms with van der Waals surface area (Å²) in [6.45, 7) is 7.40. The normalized spacial score (nSPS) is 21.5. The minimum Gasteiger partial charge on any atom is -0.340 e. The zero-order chi connectivity index (χ0) is 20.0. The summed E-state index contributed by atoms with van der Waals surface area (Å²) < 4.78 is 1.49. The van der Waals surface area contributed by atoms with E-state index in [1.165, 1.54) is 4.52 Å². The molecule has 2 amide bonds. The second kappa shape index (κ2) is 7.07. The number of amides is 2. The molecule has 4 heterocycles. The molecule has 0 bridgehead atoms. The van der Waals surface area contributed by atoms with Gasteiger partial charge in [-0.05, 0) is 40.0 Å².